The average Bonchev–Trinajstić information content (AvgIpc) is 2.79. The Morgan fingerprint density at radius 3 is 1.80 bits per heavy atom. The summed E-state index contributed by atoms with van der Waals surface area (Å²) in [6.07, 6.45) is -3.38. The standard InChI is InChI=1S/C26H28O14/c1-13(27)35-19-8-6-18(10-20(19)36-14(2)28)7-9-23(32)39-22-12-26(25(33)34,40-17(5)31)11-21(37-15(3)29)24(22)38-16(4)30/h6-10,21-22,24H,11-12H2,1-5H3,(H,33,34)/b9-7+/t21-,22-,24-,26+/m0/s1. The monoisotopic (exact) mass is 564 g/mol. The summed E-state index contributed by atoms with van der Waals surface area (Å²) in [5.74, 6) is -6.77. The Bertz CT molecular complexity index is 1230. The SMILES string of the molecule is CC(=O)Oc1ccc(/C=C/C(=O)O[C@H]2C[C@@](OC(C)=O)(C(=O)O)C[C@H](OC(C)=O)[C@@H]2OC(C)=O)cc1OC(C)=O. The molecule has 1 aliphatic carbocycles. The Morgan fingerprint density at radius 2 is 1.30 bits per heavy atom. The van der Waals surface area contributed by atoms with Crippen molar-refractivity contribution >= 4 is 47.9 Å². The molecule has 0 amide bonds. The first kappa shape index (κ1) is 31.5. The van der Waals surface area contributed by atoms with Crippen LogP contribution in [0.4, 0.5) is 0 Å². The Morgan fingerprint density at radius 1 is 0.750 bits per heavy atom. The van der Waals surface area contributed by atoms with E-state index in [9.17, 15) is 38.7 Å². The van der Waals surface area contributed by atoms with Crippen LogP contribution in [0.2, 0.25) is 0 Å². The number of carboxylic acids is 1. The van der Waals surface area contributed by atoms with Crippen molar-refractivity contribution < 1.29 is 67.1 Å². The molecular formula is C26H28O14. The van der Waals surface area contributed by atoms with Crippen LogP contribution in [-0.4, -0.2) is 70.8 Å². The van der Waals surface area contributed by atoms with Crippen molar-refractivity contribution in [3.63, 3.8) is 0 Å². The molecule has 1 saturated carbocycles. The number of carboxylic acid groups (broad SMARTS) is 1. The first-order valence-corrected chi connectivity index (χ1v) is 11.8. The molecule has 14 heteroatoms. The van der Waals surface area contributed by atoms with Crippen molar-refractivity contribution in [1.29, 1.82) is 0 Å². The summed E-state index contributed by atoms with van der Waals surface area (Å²) < 4.78 is 30.9. The molecule has 0 bridgehead atoms. The molecule has 0 unspecified atom stereocenters. The van der Waals surface area contributed by atoms with Crippen molar-refractivity contribution in [2.45, 2.75) is 71.4 Å². The second-order valence-corrected chi connectivity index (χ2v) is 8.73. The summed E-state index contributed by atoms with van der Waals surface area (Å²) in [5.41, 5.74) is -1.95. The molecule has 2 rings (SSSR count). The molecule has 0 spiro atoms. The van der Waals surface area contributed by atoms with Crippen molar-refractivity contribution in [2.24, 2.45) is 0 Å². The molecule has 1 aromatic rings. The number of carbonyl (C=O) groups is 7. The highest BCUT2D eigenvalue weighted by atomic mass is 16.6. The van der Waals surface area contributed by atoms with Gasteiger partial charge in [-0.25, -0.2) is 9.59 Å². The number of aliphatic carboxylic acids is 1. The molecule has 0 saturated heterocycles. The fourth-order valence-electron chi connectivity index (χ4n) is 4.01. The van der Waals surface area contributed by atoms with Crippen LogP contribution in [0.1, 0.15) is 53.0 Å². The third kappa shape index (κ3) is 8.92. The zero-order chi connectivity index (χ0) is 30.2. The fraction of sp³-hybridized carbons (Fsp3) is 0.423. The Hall–Kier alpha value is -4.75. The van der Waals surface area contributed by atoms with Crippen LogP contribution in [0.5, 0.6) is 11.5 Å². The van der Waals surface area contributed by atoms with Gasteiger partial charge in [0.15, 0.2) is 17.6 Å². The number of ether oxygens (including phenoxy) is 6. The largest absolute Gasteiger partial charge is 0.478 e. The van der Waals surface area contributed by atoms with Gasteiger partial charge in [-0.15, -0.1) is 0 Å². The molecule has 40 heavy (non-hydrogen) atoms. The van der Waals surface area contributed by atoms with Crippen LogP contribution in [0.3, 0.4) is 0 Å². The van der Waals surface area contributed by atoms with E-state index in [-0.39, 0.29) is 11.5 Å². The first-order valence-electron chi connectivity index (χ1n) is 11.8. The van der Waals surface area contributed by atoms with E-state index in [4.69, 9.17) is 28.4 Å². The maximum atomic E-state index is 12.8. The smallest absolute Gasteiger partial charge is 0.348 e. The van der Waals surface area contributed by atoms with Gasteiger partial charge in [0.2, 0.25) is 5.60 Å². The summed E-state index contributed by atoms with van der Waals surface area (Å²) in [6.45, 7) is 5.35. The molecule has 0 aliphatic heterocycles. The highest BCUT2D eigenvalue weighted by molar-refractivity contribution is 5.88. The van der Waals surface area contributed by atoms with Crippen LogP contribution in [0.15, 0.2) is 24.3 Å². The van der Waals surface area contributed by atoms with Gasteiger partial charge in [0.1, 0.15) is 12.2 Å². The minimum absolute atomic E-state index is 0.0409. The van der Waals surface area contributed by atoms with Gasteiger partial charge in [0.25, 0.3) is 0 Å². The summed E-state index contributed by atoms with van der Waals surface area (Å²) in [7, 11) is 0. The van der Waals surface area contributed by atoms with Crippen LogP contribution in [-0.2, 0) is 52.5 Å². The van der Waals surface area contributed by atoms with Crippen LogP contribution in [0, 0.1) is 0 Å². The van der Waals surface area contributed by atoms with Gasteiger partial charge in [-0.2, -0.15) is 0 Å². The number of rotatable bonds is 9. The summed E-state index contributed by atoms with van der Waals surface area (Å²) in [6, 6.07) is 4.06. The van der Waals surface area contributed by atoms with Crippen molar-refractivity contribution in [1.82, 2.24) is 0 Å². The van der Waals surface area contributed by atoms with E-state index >= 15 is 0 Å². The van der Waals surface area contributed by atoms with Gasteiger partial charge >= 0.3 is 41.8 Å². The molecule has 1 aromatic carbocycles. The van der Waals surface area contributed by atoms with Crippen LogP contribution < -0.4 is 9.47 Å². The third-order valence-electron chi connectivity index (χ3n) is 5.30. The maximum absolute atomic E-state index is 12.8. The number of hydrogen-bond donors (Lipinski definition) is 1. The zero-order valence-corrected chi connectivity index (χ0v) is 22.3. The van der Waals surface area contributed by atoms with Crippen molar-refractivity contribution in [3.05, 3.63) is 29.8 Å². The van der Waals surface area contributed by atoms with E-state index in [1.54, 1.807) is 0 Å². The summed E-state index contributed by atoms with van der Waals surface area (Å²) in [4.78, 5) is 82.9. The highest BCUT2D eigenvalue weighted by Gasteiger charge is 2.57. The third-order valence-corrected chi connectivity index (χ3v) is 5.30. The van der Waals surface area contributed by atoms with E-state index in [1.807, 2.05) is 0 Å². The van der Waals surface area contributed by atoms with Gasteiger partial charge in [0, 0.05) is 53.5 Å². The van der Waals surface area contributed by atoms with Crippen LogP contribution in [0.25, 0.3) is 6.08 Å². The average molecular weight is 564 g/mol. The number of benzene rings is 1. The summed E-state index contributed by atoms with van der Waals surface area (Å²) >= 11 is 0. The predicted molar refractivity (Wildman–Crippen MR) is 130 cm³/mol. The first-order chi connectivity index (χ1) is 18.6. The van der Waals surface area contributed by atoms with Crippen molar-refractivity contribution in [3.8, 4) is 11.5 Å². The zero-order valence-electron chi connectivity index (χ0n) is 22.3. The molecule has 0 radical (unpaired) electrons. The lowest BCUT2D eigenvalue weighted by atomic mass is 9.79. The Balaban J connectivity index is 2.39. The number of esters is 6. The molecule has 1 fully saturated rings. The van der Waals surface area contributed by atoms with Gasteiger partial charge in [-0.05, 0) is 23.8 Å². The van der Waals surface area contributed by atoms with Crippen molar-refractivity contribution in [2.75, 3.05) is 0 Å². The quantitative estimate of drug-likeness (QED) is 0.196. The normalized spacial score (nSPS) is 22.0. The maximum Gasteiger partial charge on any atom is 0.348 e. The second kappa shape index (κ2) is 13.4. The molecular weight excluding hydrogens is 536 g/mol. The van der Waals surface area contributed by atoms with Gasteiger partial charge in [0.05, 0.1) is 0 Å². The molecule has 216 valence electrons. The van der Waals surface area contributed by atoms with Gasteiger partial charge < -0.3 is 33.5 Å². The lowest BCUT2D eigenvalue weighted by molar-refractivity contribution is -0.220. The molecule has 1 aliphatic rings. The molecule has 0 aromatic heterocycles. The number of hydrogen-bond acceptors (Lipinski definition) is 13. The Kier molecular flexibility index (Phi) is 10.5. The van der Waals surface area contributed by atoms with E-state index < -0.39 is 78.5 Å². The fourth-order valence-corrected chi connectivity index (χ4v) is 4.01. The lowest BCUT2D eigenvalue weighted by Gasteiger charge is -2.43. The minimum atomic E-state index is -2.26. The van der Waals surface area contributed by atoms with E-state index in [2.05, 4.69) is 0 Å². The predicted octanol–water partition coefficient (Wildman–Crippen LogP) is 1.51. The highest BCUT2D eigenvalue weighted by Crippen LogP contribution is 2.38. The van der Waals surface area contributed by atoms with Gasteiger partial charge in [-0.3, -0.25) is 24.0 Å². The van der Waals surface area contributed by atoms with E-state index in [0.717, 1.165) is 40.7 Å². The molecule has 0 heterocycles. The molecule has 14 nitrogen and oxygen atoms in total. The number of carbonyl (C=O) groups excluding carboxylic acids is 6. The van der Waals surface area contributed by atoms with E-state index in [0.29, 0.717) is 5.56 Å². The van der Waals surface area contributed by atoms with E-state index in [1.165, 1.54) is 24.3 Å². The second-order valence-electron chi connectivity index (χ2n) is 8.73. The lowest BCUT2D eigenvalue weighted by Crippen LogP contribution is -2.60. The topological polar surface area (TPSA) is 195 Å². The molecule has 4 atom stereocenters. The van der Waals surface area contributed by atoms with Crippen LogP contribution >= 0.6 is 0 Å². The molecule has 1 N–H and O–H groups in total. The van der Waals surface area contributed by atoms with Gasteiger partial charge in [-0.1, -0.05) is 6.07 Å². The summed E-state index contributed by atoms with van der Waals surface area (Å²) in [5, 5.41) is 9.88. The Labute approximate surface area is 228 Å². The minimum Gasteiger partial charge on any atom is -0.478 e.